The summed E-state index contributed by atoms with van der Waals surface area (Å²) in [5, 5.41) is 0. The molecule has 0 saturated heterocycles. The zero-order chi connectivity index (χ0) is 9.83. The standard InChI is InChI=1S/C9H23NSi2/c1-11(2,3)9-7-8-10-12(4,5)6/h7,9-10H,8H2,1-6H3/b9-7-. The molecular formula is C9H23NSi2. The van der Waals surface area contributed by atoms with Gasteiger partial charge in [0.05, 0.1) is 8.07 Å². The lowest BCUT2D eigenvalue weighted by Crippen LogP contribution is -2.41. The Morgan fingerprint density at radius 2 is 1.50 bits per heavy atom. The third kappa shape index (κ3) is 10.1. The van der Waals surface area contributed by atoms with Gasteiger partial charge in [0.25, 0.3) is 0 Å². The zero-order valence-corrected chi connectivity index (χ0v) is 11.4. The molecule has 0 bridgehead atoms. The maximum atomic E-state index is 3.57. The topological polar surface area (TPSA) is 12.0 Å². The van der Waals surface area contributed by atoms with Gasteiger partial charge >= 0.3 is 0 Å². The monoisotopic (exact) mass is 201 g/mol. The van der Waals surface area contributed by atoms with E-state index in [9.17, 15) is 0 Å². The summed E-state index contributed by atoms with van der Waals surface area (Å²) in [6, 6.07) is 0. The predicted molar refractivity (Wildman–Crippen MR) is 63.8 cm³/mol. The maximum Gasteiger partial charge on any atom is 0.116 e. The lowest BCUT2D eigenvalue weighted by atomic mass is 10.7. The normalized spacial score (nSPS) is 14.2. The van der Waals surface area contributed by atoms with Crippen LogP contribution in [-0.4, -0.2) is 22.9 Å². The van der Waals surface area contributed by atoms with Crippen molar-refractivity contribution in [3.8, 4) is 0 Å². The van der Waals surface area contributed by atoms with Crippen LogP contribution in [-0.2, 0) is 0 Å². The summed E-state index contributed by atoms with van der Waals surface area (Å²) < 4.78 is 0. The first kappa shape index (κ1) is 12.1. The summed E-state index contributed by atoms with van der Waals surface area (Å²) in [4.78, 5) is 3.57. The van der Waals surface area contributed by atoms with Crippen molar-refractivity contribution in [1.82, 2.24) is 4.98 Å². The average molecular weight is 201 g/mol. The molecule has 0 aliphatic carbocycles. The molecule has 0 spiro atoms. The van der Waals surface area contributed by atoms with E-state index < -0.39 is 16.3 Å². The van der Waals surface area contributed by atoms with Crippen molar-refractivity contribution in [3.63, 3.8) is 0 Å². The van der Waals surface area contributed by atoms with Crippen molar-refractivity contribution in [2.24, 2.45) is 0 Å². The van der Waals surface area contributed by atoms with E-state index in [0.29, 0.717) is 0 Å². The van der Waals surface area contributed by atoms with E-state index in [4.69, 9.17) is 0 Å². The van der Waals surface area contributed by atoms with Gasteiger partial charge in [-0.15, -0.1) is 0 Å². The zero-order valence-electron chi connectivity index (χ0n) is 9.36. The van der Waals surface area contributed by atoms with Crippen molar-refractivity contribution < 1.29 is 0 Å². The Morgan fingerprint density at radius 1 is 1.00 bits per heavy atom. The number of rotatable bonds is 4. The highest BCUT2D eigenvalue weighted by Crippen LogP contribution is 2.01. The summed E-state index contributed by atoms with van der Waals surface area (Å²) >= 11 is 0. The van der Waals surface area contributed by atoms with Crippen LogP contribution in [0.25, 0.3) is 0 Å². The second kappa shape index (κ2) is 4.39. The van der Waals surface area contributed by atoms with Gasteiger partial charge in [-0.3, -0.25) is 0 Å². The Kier molecular flexibility index (Phi) is 4.44. The van der Waals surface area contributed by atoms with Crippen molar-refractivity contribution >= 4 is 16.3 Å². The highest BCUT2D eigenvalue weighted by Gasteiger charge is 2.10. The summed E-state index contributed by atoms with van der Waals surface area (Å²) in [5.74, 6) is 0. The van der Waals surface area contributed by atoms with Gasteiger partial charge in [-0.05, 0) is 0 Å². The van der Waals surface area contributed by atoms with Gasteiger partial charge in [-0.1, -0.05) is 51.1 Å². The van der Waals surface area contributed by atoms with Gasteiger partial charge in [-0.25, -0.2) is 0 Å². The first-order valence-electron chi connectivity index (χ1n) is 4.63. The third-order valence-corrected chi connectivity index (χ3v) is 3.87. The summed E-state index contributed by atoms with van der Waals surface area (Å²) in [5.41, 5.74) is 2.40. The first-order chi connectivity index (χ1) is 5.21. The van der Waals surface area contributed by atoms with Crippen LogP contribution in [0.5, 0.6) is 0 Å². The molecule has 0 atom stereocenters. The number of hydrogen-bond acceptors (Lipinski definition) is 1. The van der Waals surface area contributed by atoms with E-state index >= 15 is 0 Å². The van der Waals surface area contributed by atoms with E-state index in [-0.39, 0.29) is 0 Å². The lowest BCUT2D eigenvalue weighted by Gasteiger charge is -2.16. The van der Waals surface area contributed by atoms with Crippen LogP contribution in [0.1, 0.15) is 0 Å². The fraction of sp³-hybridized carbons (Fsp3) is 0.778. The molecule has 0 aromatic heterocycles. The van der Waals surface area contributed by atoms with Crippen LogP contribution in [0.15, 0.2) is 11.8 Å². The smallest absolute Gasteiger partial charge is 0.116 e. The Hall–Kier alpha value is 0.134. The molecule has 3 heteroatoms. The lowest BCUT2D eigenvalue weighted by molar-refractivity contribution is 1.04. The van der Waals surface area contributed by atoms with Gasteiger partial charge in [0.15, 0.2) is 0 Å². The molecule has 0 fully saturated rings. The van der Waals surface area contributed by atoms with E-state index in [0.717, 1.165) is 6.54 Å². The van der Waals surface area contributed by atoms with Crippen LogP contribution in [0.2, 0.25) is 39.3 Å². The van der Waals surface area contributed by atoms with Crippen LogP contribution >= 0.6 is 0 Å². The Morgan fingerprint density at radius 3 is 1.83 bits per heavy atom. The molecule has 0 amide bonds. The Balaban J connectivity index is 3.64. The molecule has 0 aromatic carbocycles. The second-order valence-corrected chi connectivity index (χ2v) is 15.3. The molecule has 0 saturated carbocycles. The quantitative estimate of drug-likeness (QED) is 0.690. The van der Waals surface area contributed by atoms with Gasteiger partial charge < -0.3 is 4.98 Å². The number of nitrogens with one attached hydrogen (secondary N) is 1. The largest absolute Gasteiger partial charge is 0.334 e. The van der Waals surface area contributed by atoms with Crippen molar-refractivity contribution in [2.45, 2.75) is 39.3 Å². The van der Waals surface area contributed by atoms with E-state index in [1.807, 2.05) is 0 Å². The number of hydrogen-bond donors (Lipinski definition) is 1. The highest BCUT2D eigenvalue weighted by atomic mass is 28.3. The Labute approximate surface area is 79.4 Å². The third-order valence-electron chi connectivity index (χ3n) is 1.37. The molecular weight excluding hydrogens is 178 g/mol. The van der Waals surface area contributed by atoms with Gasteiger partial charge in [0, 0.05) is 6.54 Å². The fourth-order valence-electron chi connectivity index (χ4n) is 0.778. The molecule has 1 N–H and O–H groups in total. The Bertz CT molecular complexity index is 151. The molecule has 0 unspecified atom stereocenters. The molecule has 0 heterocycles. The van der Waals surface area contributed by atoms with E-state index in [1.54, 1.807) is 0 Å². The van der Waals surface area contributed by atoms with Gasteiger partial charge in [0.2, 0.25) is 0 Å². The predicted octanol–water partition coefficient (Wildman–Crippen LogP) is 2.84. The van der Waals surface area contributed by atoms with E-state index in [1.165, 1.54) is 0 Å². The highest BCUT2D eigenvalue weighted by molar-refractivity contribution is 6.81. The molecule has 0 aliphatic heterocycles. The minimum Gasteiger partial charge on any atom is -0.334 e. The first-order valence-corrected chi connectivity index (χ1v) is 11.7. The van der Waals surface area contributed by atoms with Crippen molar-refractivity contribution in [3.05, 3.63) is 11.8 Å². The SMILES string of the molecule is C[Si](C)(C)/C=C\CN[Si](C)(C)C. The summed E-state index contributed by atoms with van der Waals surface area (Å²) in [6.07, 6.45) is 2.30. The van der Waals surface area contributed by atoms with Crippen molar-refractivity contribution in [1.29, 1.82) is 0 Å². The molecule has 0 radical (unpaired) electrons. The van der Waals surface area contributed by atoms with Crippen LogP contribution in [0.4, 0.5) is 0 Å². The maximum absolute atomic E-state index is 3.57. The van der Waals surface area contributed by atoms with Crippen LogP contribution < -0.4 is 4.98 Å². The minimum absolute atomic E-state index is 0.959. The van der Waals surface area contributed by atoms with Crippen LogP contribution in [0.3, 0.4) is 0 Å². The van der Waals surface area contributed by atoms with Gasteiger partial charge in [-0.2, -0.15) is 0 Å². The summed E-state index contributed by atoms with van der Waals surface area (Å²) in [6.45, 7) is 15.1. The second-order valence-electron chi connectivity index (χ2n) is 5.40. The molecule has 0 rings (SSSR count). The minimum atomic E-state index is -1.04. The summed E-state index contributed by atoms with van der Waals surface area (Å²) in [7, 11) is -2.00. The molecule has 1 nitrogen and oxygen atoms in total. The molecule has 0 aliphatic rings. The van der Waals surface area contributed by atoms with Gasteiger partial charge in [0.1, 0.15) is 8.24 Å². The van der Waals surface area contributed by atoms with Crippen molar-refractivity contribution in [2.75, 3.05) is 6.54 Å². The molecule has 0 aromatic rings. The molecule has 12 heavy (non-hydrogen) atoms. The van der Waals surface area contributed by atoms with Crippen LogP contribution in [0, 0.1) is 0 Å². The fourth-order valence-corrected chi connectivity index (χ4v) is 2.33. The average Bonchev–Trinajstić information content (AvgIpc) is 1.76. The molecule has 72 valence electrons. The van der Waals surface area contributed by atoms with E-state index in [2.05, 4.69) is 56.0 Å².